The number of para-hydroxylation sites is 1. The van der Waals surface area contributed by atoms with Crippen LogP contribution in [-0.4, -0.2) is 20.7 Å². The maximum absolute atomic E-state index is 12.6. The molecule has 1 aromatic heterocycles. The quantitative estimate of drug-likeness (QED) is 0.379. The molecule has 138 valence electrons. The molecule has 4 rings (SSSR count). The number of rotatable bonds is 6. The van der Waals surface area contributed by atoms with Gasteiger partial charge in [-0.05, 0) is 34.9 Å². The molecular formula is C23H19N3O2. The summed E-state index contributed by atoms with van der Waals surface area (Å²) in [6, 6.07) is 25.1. The summed E-state index contributed by atoms with van der Waals surface area (Å²) in [5.74, 6) is 0.218. The second kappa shape index (κ2) is 8.31. The summed E-state index contributed by atoms with van der Waals surface area (Å²) in [5.41, 5.74) is 3.69. The maximum atomic E-state index is 12.6. The number of hydrogen-bond acceptors (Lipinski definition) is 4. The number of nitrogens with zero attached hydrogens (tertiary/aromatic N) is 3. The Hall–Kier alpha value is -3.73. The Morgan fingerprint density at radius 2 is 1.61 bits per heavy atom. The lowest BCUT2D eigenvalue weighted by atomic mass is 10.0. The molecule has 5 heteroatoms. The Morgan fingerprint density at radius 1 is 0.857 bits per heavy atom. The highest BCUT2D eigenvalue weighted by atomic mass is 16.5. The molecule has 0 unspecified atom stereocenters. The summed E-state index contributed by atoms with van der Waals surface area (Å²) < 4.78 is 7.41. The van der Waals surface area contributed by atoms with Crippen molar-refractivity contribution in [2.75, 3.05) is 0 Å². The molecule has 0 saturated heterocycles. The van der Waals surface area contributed by atoms with Gasteiger partial charge in [0.15, 0.2) is 0 Å². The zero-order chi connectivity index (χ0) is 19.2. The molecule has 0 aliphatic heterocycles. The summed E-state index contributed by atoms with van der Waals surface area (Å²) >= 11 is 0. The zero-order valence-electron chi connectivity index (χ0n) is 15.2. The smallest absolute Gasteiger partial charge is 0.343 e. The number of carbonyl (C=O) groups excluding carboxylic acids is 1. The van der Waals surface area contributed by atoms with Crippen LogP contribution in [0, 0.1) is 0 Å². The largest absolute Gasteiger partial charge is 0.423 e. The number of hydrogen-bond donors (Lipinski definition) is 0. The van der Waals surface area contributed by atoms with E-state index in [9.17, 15) is 4.79 Å². The molecule has 0 bridgehead atoms. The highest BCUT2D eigenvalue weighted by Crippen LogP contribution is 2.22. The highest BCUT2D eigenvalue weighted by molar-refractivity contribution is 5.91. The summed E-state index contributed by atoms with van der Waals surface area (Å²) in [5, 5.41) is 4.08. The SMILES string of the molecule is O=C(Oc1ccccc1Cc1ccccc1)c1ccc(Cn2cncn2)cc1. The molecule has 0 radical (unpaired) electrons. The topological polar surface area (TPSA) is 57.0 Å². The van der Waals surface area contributed by atoms with Crippen LogP contribution in [0.5, 0.6) is 5.75 Å². The summed E-state index contributed by atoms with van der Waals surface area (Å²) in [7, 11) is 0. The van der Waals surface area contributed by atoms with Crippen molar-refractivity contribution in [1.29, 1.82) is 0 Å². The molecule has 4 aromatic rings. The van der Waals surface area contributed by atoms with E-state index in [0.717, 1.165) is 11.1 Å². The van der Waals surface area contributed by atoms with E-state index < -0.39 is 0 Å². The fourth-order valence-corrected chi connectivity index (χ4v) is 2.97. The van der Waals surface area contributed by atoms with Gasteiger partial charge in [-0.25, -0.2) is 14.5 Å². The Bertz CT molecular complexity index is 1040. The molecule has 5 nitrogen and oxygen atoms in total. The molecule has 0 N–H and O–H groups in total. The lowest BCUT2D eigenvalue weighted by molar-refractivity contribution is 0.0733. The molecule has 0 aliphatic carbocycles. The van der Waals surface area contributed by atoms with E-state index in [1.54, 1.807) is 23.1 Å². The van der Waals surface area contributed by atoms with Gasteiger partial charge in [-0.1, -0.05) is 60.7 Å². The summed E-state index contributed by atoms with van der Waals surface area (Å²) in [4.78, 5) is 16.5. The van der Waals surface area contributed by atoms with Crippen LogP contribution in [0.4, 0.5) is 0 Å². The van der Waals surface area contributed by atoms with Crippen LogP contribution in [-0.2, 0) is 13.0 Å². The van der Waals surface area contributed by atoms with E-state index in [1.807, 2.05) is 54.6 Å². The van der Waals surface area contributed by atoms with E-state index >= 15 is 0 Å². The lowest BCUT2D eigenvalue weighted by Crippen LogP contribution is -2.10. The molecule has 28 heavy (non-hydrogen) atoms. The van der Waals surface area contributed by atoms with Gasteiger partial charge in [-0.3, -0.25) is 0 Å². The van der Waals surface area contributed by atoms with Gasteiger partial charge >= 0.3 is 5.97 Å². The Kier molecular flexibility index (Phi) is 5.24. The maximum Gasteiger partial charge on any atom is 0.343 e. The normalized spacial score (nSPS) is 10.6. The lowest BCUT2D eigenvalue weighted by Gasteiger charge is -2.10. The van der Waals surface area contributed by atoms with Crippen LogP contribution in [0.2, 0.25) is 0 Å². The molecule has 0 saturated carbocycles. The highest BCUT2D eigenvalue weighted by Gasteiger charge is 2.12. The Balaban J connectivity index is 1.46. The number of benzene rings is 3. The van der Waals surface area contributed by atoms with Gasteiger partial charge in [0, 0.05) is 6.42 Å². The average Bonchev–Trinajstić information content (AvgIpc) is 3.24. The van der Waals surface area contributed by atoms with E-state index in [4.69, 9.17) is 4.74 Å². The van der Waals surface area contributed by atoms with E-state index in [0.29, 0.717) is 24.3 Å². The van der Waals surface area contributed by atoms with Crippen molar-refractivity contribution < 1.29 is 9.53 Å². The van der Waals surface area contributed by atoms with Gasteiger partial charge < -0.3 is 4.74 Å². The first-order valence-corrected chi connectivity index (χ1v) is 9.03. The third-order valence-corrected chi connectivity index (χ3v) is 4.41. The summed E-state index contributed by atoms with van der Waals surface area (Å²) in [6.45, 7) is 0.606. The van der Waals surface area contributed by atoms with Gasteiger partial charge in [0.25, 0.3) is 0 Å². The third-order valence-electron chi connectivity index (χ3n) is 4.41. The van der Waals surface area contributed by atoms with Gasteiger partial charge in [-0.15, -0.1) is 0 Å². The van der Waals surface area contributed by atoms with E-state index in [1.165, 1.54) is 11.9 Å². The Morgan fingerprint density at radius 3 is 2.36 bits per heavy atom. The van der Waals surface area contributed by atoms with Crippen molar-refractivity contribution in [3.05, 3.63) is 114 Å². The molecular weight excluding hydrogens is 350 g/mol. The minimum absolute atomic E-state index is 0.368. The van der Waals surface area contributed by atoms with Crippen LogP contribution in [0.1, 0.15) is 27.0 Å². The number of esters is 1. The minimum Gasteiger partial charge on any atom is -0.423 e. The van der Waals surface area contributed by atoms with Crippen molar-refractivity contribution in [1.82, 2.24) is 14.8 Å². The third kappa shape index (κ3) is 4.32. The van der Waals surface area contributed by atoms with Crippen molar-refractivity contribution >= 4 is 5.97 Å². The first-order chi connectivity index (χ1) is 13.8. The zero-order valence-corrected chi connectivity index (χ0v) is 15.2. The molecule has 1 heterocycles. The van der Waals surface area contributed by atoms with Crippen molar-refractivity contribution in [3.8, 4) is 5.75 Å². The molecule has 0 fully saturated rings. The molecule has 0 atom stereocenters. The number of carbonyl (C=O) groups is 1. The van der Waals surface area contributed by atoms with Gasteiger partial charge in [-0.2, -0.15) is 5.10 Å². The van der Waals surface area contributed by atoms with Gasteiger partial charge in [0.05, 0.1) is 12.1 Å². The van der Waals surface area contributed by atoms with Crippen molar-refractivity contribution in [2.24, 2.45) is 0 Å². The second-order valence-corrected chi connectivity index (χ2v) is 6.45. The minimum atomic E-state index is -0.368. The number of ether oxygens (including phenoxy) is 1. The second-order valence-electron chi connectivity index (χ2n) is 6.45. The number of aromatic nitrogens is 3. The fraction of sp³-hybridized carbons (Fsp3) is 0.0870. The predicted molar refractivity (Wildman–Crippen MR) is 106 cm³/mol. The van der Waals surface area contributed by atoms with Crippen LogP contribution in [0.3, 0.4) is 0 Å². The molecule has 0 amide bonds. The predicted octanol–water partition coefficient (Wildman–Crippen LogP) is 4.14. The Labute approximate surface area is 163 Å². The van der Waals surface area contributed by atoms with Crippen LogP contribution < -0.4 is 4.74 Å². The first kappa shape index (κ1) is 17.7. The van der Waals surface area contributed by atoms with Crippen molar-refractivity contribution in [3.63, 3.8) is 0 Å². The average molecular weight is 369 g/mol. The molecule has 3 aromatic carbocycles. The van der Waals surface area contributed by atoms with Crippen LogP contribution in [0.25, 0.3) is 0 Å². The van der Waals surface area contributed by atoms with Crippen molar-refractivity contribution in [2.45, 2.75) is 13.0 Å². The van der Waals surface area contributed by atoms with Crippen LogP contribution >= 0.6 is 0 Å². The van der Waals surface area contributed by atoms with Gasteiger partial charge in [0.2, 0.25) is 0 Å². The van der Waals surface area contributed by atoms with E-state index in [2.05, 4.69) is 22.2 Å². The molecule has 0 spiro atoms. The monoisotopic (exact) mass is 369 g/mol. The van der Waals surface area contributed by atoms with E-state index in [-0.39, 0.29) is 5.97 Å². The summed E-state index contributed by atoms with van der Waals surface area (Å²) in [6.07, 6.45) is 3.87. The van der Waals surface area contributed by atoms with Gasteiger partial charge in [0.1, 0.15) is 18.4 Å². The molecule has 0 aliphatic rings. The standard InChI is InChI=1S/C23H19N3O2/c27-23(20-12-10-19(11-13-20)15-26-17-24-16-25-26)28-22-9-5-4-8-21(22)14-18-6-2-1-3-7-18/h1-13,16-17H,14-15H2. The fourth-order valence-electron chi connectivity index (χ4n) is 2.97. The van der Waals surface area contributed by atoms with Crippen LogP contribution in [0.15, 0.2) is 91.5 Å². The first-order valence-electron chi connectivity index (χ1n) is 9.03.